The van der Waals surface area contributed by atoms with Gasteiger partial charge in [0.2, 0.25) is 5.78 Å². The van der Waals surface area contributed by atoms with Gasteiger partial charge in [-0.2, -0.15) is 0 Å². The van der Waals surface area contributed by atoms with E-state index in [4.69, 9.17) is 9.47 Å². The van der Waals surface area contributed by atoms with Crippen molar-refractivity contribution in [3.8, 4) is 5.75 Å². The summed E-state index contributed by atoms with van der Waals surface area (Å²) in [7, 11) is 0. The molecule has 37 heavy (non-hydrogen) atoms. The maximum absolute atomic E-state index is 14.5. The number of thiazole rings is 1. The van der Waals surface area contributed by atoms with Gasteiger partial charge in [0.05, 0.1) is 28.0 Å². The summed E-state index contributed by atoms with van der Waals surface area (Å²) >= 11 is 1.12. The van der Waals surface area contributed by atoms with Crippen LogP contribution in [0.5, 0.6) is 5.75 Å². The summed E-state index contributed by atoms with van der Waals surface area (Å²) in [5.74, 6) is -6.07. The lowest BCUT2D eigenvalue weighted by atomic mass is 9.84. The van der Waals surface area contributed by atoms with Gasteiger partial charge in [0.25, 0.3) is 5.91 Å². The van der Waals surface area contributed by atoms with E-state index >= 15 is 0 Å². The van der Waals surface area contributed by atoms with E-state index in [9.17, 15) is 23.6 Å². The van der Waals surface area contributed by atoms with Crippen molar-refractivity contribution >= 4 is 50.1 Å². The predicted molar refractivity (Wildman–Crippen MR) is 133 cm³/mol. The molecule has 0 radical (unpaired) electrons. The number of nitrogens with zero attached hydrogens (tertiary/aromatic N) is 1. The third kappa shape index (κ3) is 4.58. The lowest BCUT2D eigenvalue weighted by Gasteiger charge is -2.21. The van der Waals surface area contributed by atoms with Crippen molar-refractivity contribution < 1.29 is 33.0 Å². The number of cyclic esters (lactones) is 1. The Hall–Kier alpha value is -4.44. The van der Waals surface area contributed by atoms with Crippen LogP contribution in [-0.4, -0.2) is 35.0 Å². The molecule has 10 heteroatoms. The topological polar surface area (TPSA) is 112 Å². The third-order valence-electron chi connectivity index (χ3n) is 5.84. The Kier molecular flexibility index (Phi) is 6.49. The first-order valence-corrected chi connectivity index (χ1v) is 12.2. The number of fused-ring (bicyclic) bond motifs is 2. The van der Waals surface area contributed by atoms with Gasteiger partial charge in [-0.1, -0.05) is 41.7 Å². The Labute approximate surface area is 214 Å². The normalized spacial score (nSPS) is 15.1. The number of Topliss-reactive ketones (excluding diaryl/α,β-unsaturated/α-hetero) is 2. The first-order valence-electron chi connectivity index (χ1n) is 11.3. The van der Waals surface area contributed by atoms with E-state index in [1.165, 1.54) is 30.3 Å². The predicted octanol–water partition coefficient (Wildman–Crippen LogP) is 4.75. The number of aromatic nitrogens is 1. The summed E-state index contributed by atoms with van der Waals surface area (Å²) in [6.07, 6.45) is -1.39. The van der Waals surface area contributed by atoms with Crippen LogP contribution in [0.1, 0.15) is 39.3 Å². The number of ether oxygens (including phenoxy) is 2. The number of ketones is 2. The zero-order valence-corrected chi connectivity index (χ0v) is 20.2. The molecule has 0 saturated carbocycles. The van der Waals surface area contributed by atoms with E-state index in [0.29, 0.717) is 22.6 Å². The average Bonchev–Trinajstić information content (AvgIpc) is 3.44. The number of rotatable bonds is 8. The summed E-state index contributed by atoms with van der Waals surface area (Å²) in [6, 6.07) is 16.6. The molecule has 1 aliphatic heterocycles. The minimum atomic E-state index is -1.80. The van der Waals surface area contributed by atoms with Crippen LogP contribution >= 0.6 is 11.3 Å². The number of carbonyl (C=O) groups is 4. The number of benzene rings is 3. The lowest BCUT2D eigenvalue weighted by molar-refractivity contribution is -0.138. The maximum atomic E-state index is 14.5. The Morgan fingerprint density at radius 1 is 1.11 bits per heavy atom. The van der Waals surface area contributed by atoms with Crippen LogP contribution in [0.3, 0.4) is 0 Å². The van der Waals surface area contributed by atoms with Crippen molar-refractivity contribution in [2.75, 3.05) is 11.9 Å². The number of hydrogen-bond acceptors (Lipinski definition) is 8. The van der Waals surface area contributed by atoms with Crippen LogP contribution in [0.25, 0.3) is 10.2 Å². The molecule has 2 atom stereocenters. The second kappa shape index (κ2) is 9.90. The maximum Gasteiger partial charge on any atom is 0.339 e. The quantitative estimate of drug-likeness (QED) is 0.155. The molecule has 5 rings (SSSR count). The molecule has 0 bridgehead atoms. The molecule has 8 nitrogen and oxygen atoms in total. The van der Waals surface area contributed by atoms with Crippen molar-refractivity contribution in [1.29, 1.82) is 0 Å². The van der Waals surface area contributed by atoms with Gasteiger partial charge >= 0.3 is 5.97 Å². The molecule has 0 saturated heterocycles. The van der Waals surface area contributed by atoms with Crippen LogP contribution in [0, 0.1) is 11.7 Å². The first-order chi connectivity index (χ1) is 17.9. The number of nitrogens with one attached hydrogen (secondary N) is 1. The summed E-state index contributed by atoms with van der Waals surface area (Å²) < 4.78 is 26.1. The molecular weight excluding hydrogens is 499 g/mol. The van der Waals surface area contributed by atoms with Crippen molar-refractivity contribution in [1.82, 2.24) is 4.98 Å². The summed E-state index contributed by atoms with van der Waals surface area (Å²) in [5, 5.41) is 2.56. The van der Waals surface area contributed by atoms with Crippen molar-refractivity contribution in [2.24, 2.45) is 5.92 Å². The van der Waals surface area contributed by atoms with E-state index in [2.05, 4.69) is 10.3 Å². The second-order valence-electron chi connectivity index (χ2n) is 8.13. The highest BCUT2D eigenvalue weighted by atomic mass is 32.1. The standard InChI is InChI=1S/C27H19FN2O6S/c1-2-35-14-11-12-19-20(13-14)37-27(29-19)30-25(33)23(32)21(22(31)17-9-5-6-10-18(17)28)24-15-7-3-4-8-16(15)26(34)36-24/h3-13,21,24H,2H2,1H3,(H,29,30,33)/t21-,24+/m0/s1. The van der Waals surface area contributed by atoms with Crippen LogP contribution in [0.2, 0.25) is 0 Å². The minimum absolute atomic E-state index is 0.128. The lowest BCUT2D eigenvalue weighted by Crippen LogP contribution is -2.38. The SMILES string of the molecule is CCOc1ccc2nc(NC(=O)C(=O)[C@H](C(=O)c3ccccc3F)[C@@H]3OC(=O)c4ccccc43)sc2c1. The van der Waals surface area contributed by atoms with Gasteiger partial charge in [0.15, 0.2) is 10.9 Å². The molecule has 1 aliphatic rings. The molecule has 3 aromatic carbocycles. The highest BCUT2D eigenvalue weighted by Gasteiger charge is 2.46. The zero-order chi connectivity index (χ0) is 26.1. The van der Waals surface area contributed by atoms with E-state index in [-0.39, 0.29) is 16.3 Å². The number of anilines is 1. The van der Waals surface area contributed by atoms with Gasteiger partial charge in [-0.25, -0.2) is 14.2 Å². The molecule has 1 amide bonds. The minimum Gasteiger partial charge on any atom is -0.494 e. The first kappa shape index (κ1) is 24.3. The molecule has 1 N–H and O–H groups in total. The zero-order valence-electron chi connectivity index (χ0n) is 19.4. The molecule has 0 unspecified atom stereocenters. The number of esters is 1. The van der Waals surface area contributed by atoms with Gasteiger partial charge in [-0.3, -0.25) is 19.7 Å². The molecule has 4 aromatic rings. The van der Waals surface area contributed by atoms with Crippen molar-refractivity contribution in [2.45, 2.75) is 13.0 Å². The van der Waals surface area contributed by atoms with E-state index in [1.807, 2.05) is 6.92 Å². The van der Waals surface area contributed by atoms with Crippen molar-refractivity contribution in [3.05, 3.63) is 89.2 Å². The highest BCUT2D eigenvalue weighted by molar-refractivity contribution is 7.22. The summed E-state index contributed by atoms with van der Waals surface area (Å²) in [5.41, 5.74) is 0.626. The number of halogens is 1. The van der Waals surface area contributed by atoms with Crippen LogP contribution in [0.4, 0.5) is 9.52 Å². The monoisotopic (exact) mass is 518 g/mol. The average molecular weight is 519 g/mol. The Morgan fingerprint density at radius 2 is 1.86 bits per heavy atom. The van der Waals surface area contributed by atoms with Gasteiger partial charge < -0.3 is 9.47 Å². The Balaban J connectivity index is 1.48. The van der Waals surface area contributed by atoms with E-state index < -0.39 is 46.8 Å². The van der Waals surface area contributed by atoms with Crippen LogP contribution in [-0.2, 0) is 14.3 Å². The molecule has 0 fully saturated rings. The number of hydrogen-bond donors (Lipinski definition) is 1. The molecule has 0 aliphatic carbocycles. The molecule has 2 heterocycles. The molecule has 0 spiro atoms. The highest BCUT2D eigenvalue weighted by Crippen LogP contribution is 2.38. The van der Waals surface area contributed by atoms with E-state index in [1.54, 1.807) is 30.3 Å². The number of carbonyl (C=O) groups excluding carboxylic acids is 4. The largest absolute Gasteiger partial charge is 0.494 e. The van der Waals surface area contributed by atoms with Crippen LogP contribution in [0.15, 0.2) is 66.7 Å². The van der Waals surface area contributed by atoms with Gasteiger partial charge in [-0.15, -0.1) is 0 Å². The second-order valence-corrected chi connectivity index (χ2v) is 9.17. The fraction of sp³-hybridized carbons (Fsp3) is 0.148. The number of amides is 1. The fourth-order valence-electron chi connectivity index (χ4n) is 4.16. The smallest absolute Gasteiger partial charge is 0.339 e. The fourth-order valence-corrected chi connectivity index (χ4v) is 5.05. The van der Waals surface area contributed by atoms with Crippen LogP contribution < -0.4 is 10.1 Å². The molecule has 1 aromatic heterocycles. The summed E-state index contributed by atoms with van der Waals surface area (Å²) in [4.78, 5) is 56.7. The molecule has 186 valence electrons. The van der Waals surface area contributed by atoms with E-state index in [0.717, 1.165) is 17.4 Å². The van der Waals surface area contributed by atoms with Gasteiger partial charge in [0, 0.05) is 5.56 Å². The summed E-state index contributed by atoms with van der Waals surface area (Å²) in [6.45, 7) is 2.34. The Morgan fingerprint density at radius 3 is 2.65 bits per heavy atom. The molecular formula is C27H19FN2O6S. The van der Waals surface area contributed by atoms with Gasteiger partial charge in [0.1, 0.15) is 23.6 Å². The van der Waals surface area contributed by atoms with Crippen molar-refractivity contribution in [3.63, 3.8) is 0 Å². The van der Waals surface area contributed by atoms with Gasteiger partial charge in [-0.05, 0) is 43.3 Å². The Bertz CT molecular complexity index is 1570. The third-order valence-corrected chi connectivity index (χ3v) is 6.78.